The van der Waals surface area contributed by atoms with Crippen molar-refractivity contribution in [3.63, 3.8) is 0 Å². The number of amides is 3. The van der Waals surface area contributed by atoms with Gasteiger partial charge in [-0.05, 0) is 44.4 Å². The Morgan fingerprint density at radius 3 is 2.70 bits per heavy atom. The van der Waals surface area contributed by atoms with Crippen molar-refractivity contribution in [2.45, 2.75) is 64.8 Å². The first-order chi connectivity index (χ1) is 15.8. The smallest absolute Gasteiger partial charge is 0.272 e. The van der Waals surface area contributed by atoms with Crippen molar-refractivity contribution in [2.75, 3.05) is 39.9 Å². The van der Waals surface area contributed by atoms with Gasteiger partial charge in [0, 0.05) is 64.1 Å². The summed E-state index contributed by atoms with van der Waals surface area (Å²) >= 11 is 0. The van der Waals surface area contributed by atoms with Gasteiger partial charge in [0.25, 0.3) is 5.91 Å². The maximum absolute atomic E-state index is 13.3. The summed E-state index contributed by atoms with van der Waals surface area (Å²) in [5.74, 6) is 0.352. The molecule has 0 radical (unpaired) electrons. The van der Waals surface area contributed by atoms with Crippen LogP contribution in [-0.2, 0) is 34.2 Å². The molecular weight excluding hydrogens is 422 g/mol. The zero-order chi connectivity index (χ0) is 24.0. The first-order valence-corrected chi connectivity index (χ1v) is 12.2. The molecule has 9 nitrogen and oxygen atoms in total. The summed E-state index contributed by atoms with van der Waals surface area (Å²) in [7, 11) is 3.39. The van der Waals surface area contributed by atoms with Crippen molar-refractivity contribution < 1.29 is 19.1 Å². The van der Waals surface area contributed by atoms with Gasteiger partial charge < -0.3 is 19.9 Å². The first kappa shape index (κ1) is 25.2. The molecule has 1 aliphatic carbocycles. The molecule has 3 rings (SSSR count). The van der Waals surface area contributed by atoms with Gasteiger partial charge in [0.1, 0.15) is 6.61 Å². The fourth-order valence-electron chi connectivity index (χ4n) is 4.82. The number of rotatable bonds is 5. The minimum Gasteiger partial charge on any atom is -0.375 e. The van der Waals surface area contributed by atoms with E-state index in [0.29, 0.717) is 63.5 Å². The highest BCUT2D eigenvalue weighted by Gasteiger charge is 2.33. The van der Waals surface area contributed by atoms with E-state index in [1.807, 2.05) is 16.6 Å². The van der Waals surface area contributed by atoms with E-state index in [1.165, 1.54) is 7.11 Å². The van der Waals surface area contributed by atoms with Crippen LogP contribution in [0.15, 0.2) is 0 Å². The molecule has 1 atom stereocenters. The molecule has 1 aromatic heterocycles. The van der Waals surface area contributed by atoms with E-state index >= 15 is 0 Å². The summed E-state index contributed by atoms with van der Waals surface area (Å²) in [6.07, 6.45) is 4.94. The Bertz CT molecular complexity index is 850. The summed E-state index contributed by atoms with van der Waals surface area (Å²) in [6, 6.07) is 0.0656. The highest BCUT2D eigenvalue weighted by Crippen LogP contribution is 2.28. The molecule has 2 bridgehead atoms. The monoisotopic (exact) mass is 461 g/mol. The molecule has 0 saturated carbocycles. The highest BCUT2D eigenvalue weighted by atomic mass is 16.5. The minimum atomic E-state index is -0.183. The Hall–Kier alpha value is -2.42. The molecular formula is C24H39N5O4. The molecule has 3 amide bonds. The van der Waals surface area contributed by atoms with Crippen LogP contribution in [0.2, 0.25) is 0 Å². The second-order valence-corrected chi connectivity index (χ2v) is 9.59. The second-order valence-electron chi connectivity index (χ2n) is 9.59. The van der Waals surface area contributed by atoms with Crippen LogP contribution in [0.4, 0.5) is 0 Å². The number of ether oxygens (including phenoxy) is 1. The lowest BCUT2D eigenvalue weighted by Gasteiger charge is -2.35. The Balaban J connectivity index is 1.86. The Morgan fingerprint density at radius 2 is 1.97 bits per heavy atom. The number of methoxy groups -OCH3 is 1. The lowest BCUT2D eigenvalue weighted by atomic mass is 9.89. The lowest BCUT2D eigenvalue weighted by Crippen LogP contribution is -2.45. The van der Waals surface area contributed by atoms with Crippen molar-refractivity contribution in [3.05, 3.63) is 17.0 Å². The van der Waals surface area contributed by atoms with Gasteiger partial charge >= 0.3 is 0 Å². The number of carbonyl (C=O) groups excluding carboxylic acids is 3. The maximum atomic E-state index is 13.3. The largest absolute Gasteiger partial charge is 0.375 e. The van der Waals surface area contributed by atoms with Gasteiger partial charge in [-0.1, -0.05) is 13.8 Å². The summed E-state index contributed by atoms with van der Waals surface area (Å²) in [4.78, 5) is 42.5. The molecule has 184 valence electrons. The van der Waals surface area contributed by atoms with Crippen molar-refractivity contribution in [2.24, 2.45) is 13.0 Å². The number of aryl methyl sites for hydroxylation is 1. The van der Waals surface area contributed by atoms with Crippen LogP contribution in [0.3, 0.4) is 0 Å². The molecule has 1 unspecified atom stereocenters. The molecule has 1 aliphatic heterocycles. The third kappa shape index (κ3) is 6.34. The lowest BCUT2D eigenvalue weighted by molar-refractivity contribution is -0.137. The molecule has 2 aliphatic rings. The maximum Gasteiger partial charge on any atom is 0.272 e. The van der Waals surface area contributed by atoms with Crippen LogP contribution in [0.5, 0.6) is 0 Å². The zero-order valence-electron chi connectivity index (χ0n) is 20.6. The summed E-state index contributed by atoms with van der Waals surface area (Å²) in [6.45, 7) is 6.55. The molecule has 0 spiro atoms. The topological polar surface area (TPSA) is 96.8 Å². The van der Waals surface area contributed by atoms with Gasteiger partial charge in [-0.25, -0.2) is 0 Å². The third-order valence-electron chi connectivity index (χ3n) is 6.68. The number of carbonyl (C=O) groups is 3. The number of nitrogens with one attached hydrogen (secondary N) is 1. The third-order valence-corrected chi connectivity index (χ3v) is 6.68. The Morgan fingerprint density at radius 1 is 1.21 bits per heavy atom. The second kappa shape index (κ2) is 11.6. The first-order valence-electron chi connectivity index (χ1n) is 12.2. The SMILES string of the molecule is COCC(=O)N1CCCNC(=O)c2nn(C)c3c2CC(CC3)N(CCC(C)C)C(=O)CCC1. The predicted molar refractivity (Wildman–Crippen MR) is 125 cm³/mol. The van der Waals surface area contributed by atoms with Crippen molar-refractivity contribution in [1.82, 2.24) is 24.9 Å². The van der Waals surface area contributed by atoms with Crippen LogP contribution in [0.1, 0.15) is 67.7 Å². The van der Waals surface area contributed by atoms with Crippen LogP contribution < -0.4 is 5.32 Å². The number of nitrogens with zero attached hydrogens (tertiary/aromatic N) is 4. The van der Waals surface area contributed by atoms with E-state index in [-0.39, 0.29) is 30.4 Å². The Kier molecular flexibility index (Phi) is 8.88. The number of fused-ring (bicyclic) bond motifs is 1. The average Bonchev–Trinajstić information content (AvgIpc) is 3.10. The van der Waals surface area contributed by atoms with Crippen molar-refractivity contribution in [1.29, 1.82) is 0 Å². The summed E-state index contributed by atoms with van der Waals surface area (Å²) in [5.41, 5.74) is 2.53. The van der Waals surface area contributed by atoms with Gasteiger partial charge in [0.15, 0.2) is 5.69 Å². The fraction of sp³-hybridized carbons (Fsp3) is 0.750. The average molecular weight is 462 g/mol. The van der Waals surface area contributed by atoms with E-state index in [2.05, 4.69) is 24.3 Å². The predicted octanol–water partition coefficient (Wildman–Crippen LogP) is 1.54. The van der Waals surface area contributed by atoms with Crippen molar-refractivity contribution in [3.8, 4) is 0 Å². The van der Waals surface area contributed by atoms with E-state index < -0.39 is 0 Å². The quantitative estimate of drug-likeness (QED) is 0.718. The van der Waals surface area contributed by atoms with Crippen molar-refractivity contribution >= 4 is 17.7 Å². The molecule has 2 heterocycles. The van der Waals surface area contributed by atoms with Crippen LogP contribution >= 0.6 is 0 Å². The number of aromatic nitrogens is 2. The summed E-state index contributed by atoms with van der Waals surface area (Å²) in [5, 5.41) is 7.50. The van der Waals surface area contributed by atoms with Gasteiger partial charge in [-0.2, -0.15) is 5.10 Å². The van der Waals surface area contributed by atoms with Crippen LogP contribution in [0, 0.1) is 5.92 Å². The molecule has 1 N–H and O–H groups in total. The molecule has 0 fully saturated rings. The highest BCUT2D eigenvalue weighted by molar-refractivity contribution is 5.94. The van der Waals surface area contributed by atoms with Crippen LogP contribution in [-0.4, -0.2) is 83.2 Å². The van der Waals surface area contributed by atoms with E-state index in [4.69, 9.17) is 4.74 Å². The minimum absolute atomic E-state index is 0.0168. The molecule has 33 heavy (non-hydrogen) atoms. The zero-order valence-corrected chi connectivity index (χ0v) is 20.6. The van der Waals surface area contributed by atoms with Gasteiger partial charge in [0.05, 0.1) is 0 Å². The Labute approximate surface area is 196 Å². The van der Waals surface area contributed by atoms with Gasteiger partial charge in [0.2, 0.25) is 11.8 Å². The normalized spacial score (nSPS) is 20.5. The fourth-order valence-corrected chi connectivity index (χ4v) is 4.82. The van der Waals surface area contributed by atoms with Crippen LogP contribution in [0.25, 0.3) is 0 Å². The molecule has 9 heteroatoms. The number of hydrogen-bond donors (Lipinski definition) is 1. The molecule has 0 aromatic carbocycles. The van der Waals surface area contributed by atoms with E-state index in [0.717, 1.165) is 30.5 Å². The van der Waals surface area contributed by atoms with Gasteiger partial charge in [-0.15, -0.1) is 0 Å². The van der Waals surface area contributed by atoms with Gasteiger partial charge in [-0.3, -0.25) is 19.1 Å². The standard InChI is InChI=1S/C24H39N5O4/c1-17(2)10-14-29-18-8-9-20-19(15-18)23(26-27(20)3)24(32)25-11-6-13-28(22(31)16-33-4)12-5-7-21(29)30/h17-18H,5-16H2,1-4H3,(H,25,32). The molecule has 0 saturated heterocycles. The van der Waals surface area contributed by atoms with E-state index in [9.17, 15) is 14.4 Å². The number of hydrogen-bond acceptors (Lipinski definition) is 5. The summed E-state index contributed by atoms with van der Waals surface area (Å²) < 4.78 is 6.84. The van der Waals surface area contributed by atoms with E-state index in [1.54, 1.807) is 4.90 Å². The molecule has 1 aromatic rings.